The van der Waals surface area contributed by atoms with E-state index in [1.807, 2.05) is 0 Å². The largest absolute Gasteiger partial charge is 0.357 e. The predicted molar refractivity (Wildman–Crippen MR) is 109 cm³/mol. The van der Waals surface area contributed by atoms with Crippen LogP contribution >= 0.6 is 0 Å². The molecule has 2 heterocycles. The van der Waals surface area contributed by atoms with E-state index in [2.05, 4.69) is 64.2 Å². The number of piperazine rings is 1. The number of nitrogens with zero attached hydrogens (tertiary/aromatic N) is 4. The number of nitrogens with one attached hydrogen (secondary N) is 1. The molecule has 0 bridgehead atoms. The normalized spacial score (nSPS) is 22.8. The number of likely N-dealkylation sites (tertiary alicyclic amines) is 1. The van der Waals surface area contributed by atoms with E-state index in [1.165, 1.54) is 31.6 Å². The van der Waals surface area contributed by atoms with Crippen LogP contribution in [0.25, 0.3) is 0 Å². The Morgan fingerprint density at radius 3 is 2.46 bits per heavy atom. The maximum atomic E-state index is 4.98. The molecule has 1 aromatic rings. The van der Waals surface area contributed by atoms with Gasteiger partial charge in [-0.15, -0.1) is 0 Å². The van der Waals surface area contributed by atoms with Crippen molar-refractivity contribution in [1.82, 2.24) is 20.0 Å². The van der Waals surface area contributed by atoms with Gasteiger partial charge in [0.2, 0.25) is 0 Å². The Bertz CT molecular complexity index is 551. The molecule has 1 unspecified atom stereocenters. The summed E-state index contributed by atoms with van der Waals surface area (Å²) < 4.78 is 0. The summed E-state index contributed by atoms with van der Waals surface area (Å²) in [6.45, 7) is 15.3. The predicted octanol–water partition coefficient (Wildman–Crippen LogP) is 2.11. The molecule has 3 rings (SSSR count). The van der Waals surface area contributed by atoms with Gasteiger partial charge < -0.3 is 15.1 Å². The van der Waals surface area contributed by atoms with Crippen molar-refractivity contribution in [3.8, 4) is 0 Å². The molecule has 144 valence electrons. The molecule has 26 heavy (non-hydrogen) atoms. The van der Waals surface area contributed by atoms with Gasteiger partial charge in [0.25, 0.3) is 0 Å². The second kappa shape index (κ2) is 9.93. The second-order valence-electron chi connectivity index (χ2n) is 7.49. The van der Waals surface area contributed by atoms with Crippen molar-refractivity contribution < 1.29 is 0 Å². The fourth-order valence-electron chi connectivity index (χ4n) is 3.95. The topological polar surface area (TPSA) is 34.1 Å². The standard InChI is InChI=1S/C21H35N5/c1-3-22-21(23-16-20-10-11-24(4-2)18-20)26-14-12-25(13-15-26)17-19-8-6-5-7-9-19/h5-9,20H,3-4,10-18H2,1-2H3,(H,22,23). The third-order valence-corrected chi connectivity index (χ3v) is 5.57. The third kappa shape index (κ3) is 5.45. The molecule has 0 radical (unpaired) electrons. The molecular weight excluding hydrogens is 322 g/mol. The first-order valence-corrected chi connectivity index (χ1v) is 10.3. The molecule has 0 aromatic heterocycles. The fourth-order valence-corrected chi connectivity index (χ4v) is 3.95. The summed E-state index contributed by atoms with van der Waals surface area (Å²) in [6, 6.07) is 10.8. The number of aliphatic imine (C=N–C) groups is 1. The van der Waals surface area contributed by atoms with E-state index in [0.29, 0.717) is 0 Å². The lowest BCUT2D eigenvalue weighted by Gasteiger charge is -2.36. The monoisotopic (exact) mass is 357 g/mol. The van der Waals surface area contributed by atoms with Gasteiger partial charge >= 0.3 is 0 Å². The summed E-state index contributed by atoms with van der Waals surface area (Å²) >= 11 is 0. The van der Waals surface area contributed by atoms with Gasteiger partial charge in [0.15, 0.2) is 5.96 Å². The van der Waals surface area contributed by atoms with Crippen LogP contribution < -0.4 is 5.32 Å². The van der Waals surface area contributed by atoms with Crippen molar-refractivity contribution in [3.05, 3.63) is 35.9 Å². The number of guanidine groups is 1. The summed E-state index contributed by atoms with van der Waals surface area (Å²) in [5.41, 5.74) is 1.41. The van der Waals surface area contributed by atoms with Gasteiger partial charge in [0.05, 0.1) is 0 Å². The molecule has 5 nitrogen and oxygen atoms in total. The molecule has 1 N–H and O–H groups in total. The lowest BCUT2D eigenvalue weighted by atomic mass is 10.1. The van der Waals surface area contributed by atoms with Gasteiger partial charge in [0, 0.05) is 52.4 Å². The molecule has 2 fully saturated rings. The summed E-state index contributed by atoms with van der Waals surface area (Å²) in [5, 5.41) is 3.51. The van der Waals surface area contributed by atoms with Crippen molar-refractivity contribution in [3.63, 3.8) is 0 Å². The van der Waals surface area contributed by atoms with Gasteiger partial charge in [-0.25, -0.2) is 0 Å². The first kappa shape index (κ1) is 19.2. The molecule has 2 aliphatic heterocycles. The molecule has 0 aliphatic carbocycles. The lowest BCUT2D eigenvalue weighted by Crippen LogP contribution is -2.52. The summed E-state index contributed by atoms with van der Waals surface area (Å²) in [6.07, 6.45) is 1.29. The minimum absolute atomic E-state index is 0.725. The minimum atomic E-state index is 0.725. The average molecular weight is 358 g/mol. The lowest BCUT2D eigenvalue weighted by molar-refractivity contribution is 0.172. The number of rotatable bonds is 6. The SMILES string of the molecule is CCNC(=NCC1CCN(CC)C1)N1CCN(Cc2ccccc2)CC1. The molecule has 0 spiro atoms. The van der Waals surface area contributed by atoms with E-state index in [9.17, 15) is 0 Å². The van der Waals surface area contributed by atoms with Crippen LogP contribution in [0.5, 0.6) is 0 Å². The van der Waals surface area contributed by atoms with E-state index < -0.39 is 0 Å². The summed E-state index contributed by atoms with van der Waals surface area (Å²) in [4.78, 5) is 12.5. The van der Waals surface area contributed by atoms with Crippen molar-refractivity contribution in [2.75, 3.05) is 58.9 Å². The van der Waals surface area contributed by atoms with Crippen LogP contribution in [0.15, 0.2) is 35.3 Å². The molecule has 0 saturated carbocycles. The average Bonchev–Trinajstić information content (AvgIpc) is 3.15. The molecule has 2 saturated heterocycles. The fraction of sp³-hybridized carbons (Fsp3) is 0.667. The zero-order valence-corrected chi connectivity index (χ0v) is 16.5. The minimum Gasteiger partial charge on any atom is -0.357 e. The smallest absolute Gasteiger partial charge is 0.194 e. The van der Waals surface area contributed by atoms with Crippen LogP contribution in [-0.2, 0) is 6.54 Å². The maximum absolute atomic E-state index is 4.98. The van der Waals surface area contributed by atoms with Gasteiger partial charge in [-0.2, -0.15) is 0 Å². The zero-order valence-electron chi connectivity index (χ0n) is 16.5. The van der Waals surface area contributed by atoms with Crippen LogP contribution in [0.1, 0.15) is 25.8 Å². The number of hydrogen-bond donors (Lipinski definition) is 1. The van der Waals surface area contributed by atoms with Crippen LogP contribution in [0.4, 0.5) is 0 Å². The molecule has 5 heteroatoms. The van der Waals surface area contributed by atoms with Crippen LogP contribution in [0.2, 0.25) is 0 Å². The highest BCUT2D eigenvalue weighted by Gasteiger charge is 2.23. The number of hydrogen-bond acceptors (Lipinski definition) is 3. The summed E-state index contributed by atoms with van der Waals surface area (Å²) in [5.74, 6) is 1.84. The van der Waals surface area contributed by atoms with Crippen LogP contribution in [-0.4, -0.2) is 79.6 Å². The van der Waals surface area contributed by atoms with Crippen molar-refractivity contribution >= 4 is 5.96 Å². The van der Waals surface area contributed by atoms with Crippen LogP contribution in [0.3, 0.4) is 0 Å². The van der Waals surface area contributed by atoms with E-state index in [4.69, 9.17) is 4.99 Å². The zero-order chi connectivity index (χ0) is 18.2. The van der Waals surface area contributed by atoms with Crippen molar-refractivity contribution in [1.29, 1.82) is 0 Å². The maximum Gasteiger partial charge on any atom is 0.194 e. The van der Waals surface area contributed by atoms with Crippen molar-refractivity contribution in [2.24, 2.45) is 10.9 Å². The Balaban J connectivity index is 1.49. The molecule has 1 atom stereocenters. The molecule has 0 amide bonds. The van der Waals surface area contributed by atoms with E-state index >= 15 is 0 Å². The first-order chi connectivity index (χ1) is 12.8. The molecular formula is C21H35N5. The van der Waals surface area contributed by atoms with Gasteiger partial charge in [-0.3, -0.25) is 9.89 Å². The highest BCUT2D eigenvalue weighted by molar-refractivity contribution is 5.80. The quantitative estimate of drug-likeness (QED) is 0.625. The second-order valence-corrected chi connectivity index (χ2v) is 7.49. The Kier molecular flexibility index (Phi) is 7.32. The third-order valence-electron chi connectivity index (χ3n) is 5.57. The Morgan fingerprint density at radius 1 is 1.04 bits per heavy atom. The molecule has 1 aromatic carbocycles. The van der Waals surface area contributed by atoms with E-state index in [-0.39, 0.29) is 0 Å². The van der Waals surface area contributed by atoms with Gasteiger partial charge in [-0.1, -0.05) is 37.3 Å². The first-order valence-electron chi connectivity index (χ1n) is 10.3. The van der Waals surface area contributed by atoms with Gasteiger partial charge in [-0.05, 0) is 37.9 Å². The summed E-state index contributed by atoms with van der Waals surface area (Å²) in [7, 11) is 0. The highest BCUT2D eigenvalue weighted by Crippen LogP contribution is 2.16. The Hall–Kier alpha value is -1.59. The highest BCUT2D eigenvalue weighted by atomic mass is 15.3. The number of benzene rings is 1. The van der Waals surface area contributed by atoms with Crippen molar-refractivity contribution in [2.45, 2.75) is 26.8 Å². The van der Waals surface area contributed by atoms with E-state index in [0.717, 1.165) is 57.7 Å². The molecule has 2 aliphatic rings. The van der Waals surface area contributed by atoms with Gasteiger partial charge in [0.1, 0.15) is 0 Å². The Morgan fingerprint density at radius 2 is 1.81 bits per heavy atom. The van der Waals surface area contributed by atoms with E-state index in [1.54, 1.807) is 0 Å². The van der Waals surface area contributed by atoms with Crippen LogP contribution in [0, 0.1) is 5.92 Å². The Labute approximate surface area is 159 Å².